The summed E-state index contributed by atoms with van der Waals surface area (Å²) in [6.45, 7) is 1.66. The molecule has 0 N–H and O–H groups in total. The molecule has 0 bridgehead atoms. The van der Waals surface area contributed by atoms with E-state index < -0.39 is 4.92 Å². The van der Waals surface area contributed by atoms with Crippen molar-refractivity contribution in [2.75, 3.05) is 0 Å². The number of rotatable bonds is 1. The van der Waals surface area contributed by atoms with E-state index in [0.29, 0.717) is 11.1 Å². The Bertz CT molecular complexity index is 363. The Morgan fingerprint density at radius 2 is 2.25 bits per heavy atom. The Morgan fingerprint density at radius 3 is 2.75 bits per heavy atom. The van der Waals surface area contributed by atoms with Gasteiger partial charge >= 0.3 is 0 Å². The van der Waals surface area contributed by atoms with Gasteiger partial charge < -0.3 is 0 Å². The Kier molecular flexibility index (Phi) is 2.11. The standard InChI is InChI=1S/C9H6NO2/c1-3-8-5-4-7(2)9(6-8)10(11)12/h4-6H,2H3. The summed E-state index contributed by atoms with van der Waals surface area (Å²) >= 11 is 0. The van der Waals surface area contributed by atoms with Crippen molar-refractivity contribution in [2.45, 2.75) is 6.92 Å². The number of hydrogen-bond donors (Lipinski definition) is 0. The molecule has 12 heavy (non-hydrogen) atoms. The molecule has 0 aromatic heterocycles. The van der Waals surface area contributed by atoms with E-state index in [9.17, 15) is 10.1 Å². The van der Waals surface area contributed by atoms with Gasteiger partial charge in [0.05, 0.1) is 4.92 Å². The van der Waals surface area contributed by atoms with Crippen LogP contribution in [0, 0.1) is 29.4 Å². The number of nitro groups is 1. The van der Waals surface area contributed by atoms with Gasteiger partial charge in [-0.1, -0.05) is 12.0 Å². The second-order valence-corrected chi connectivity index (χ2v) is 2.38. The number of benzene rings is 1. The molecule has 0 amide bonds. The average molecular weight is 160 g/mol. The first-order valence-electron chi connectivity index (χ1n) is 3.33. The van der Waals surface area contributed by atoms with Crippen molar-refractivity contribution in [1.82, 2.24) is 0 Å². The van der Waals surface area contributed by atoms with Gasteiger partial charge in [0.15, 0.2) is 0 Å². The molecule has 0 saturated heterocycles. The highest BCUT2D eigenvalue weighted by Crippen LogP contribution is 2.18. The largest absolute Gasteiger partial charge is 0.273 e. The van der Waals surface area contributed by atoms with Gasteiger partial charge in [0.2, 0.25) is 0 Å². The molecule has 3 heteroatoms. The second kappa shape index (κ2) is 3.05. The van der Waals surface area contributed by atoms with Crippen LogP contribution < -0.4 is 0 Å². The van der Waals surface area contributed by atoms with Gasteiger partial charge in [0, 0.05) is 17.2 Å². The first-order chi connectivity index (χ1) is 5.65. The van der Waals surface area contributed by atoms with Crippen molar-refractivity contribution < 1.29 is 4.92 Å². The minimum absolute atomic E-state index is 0.0345. The van der Waals surface area contributed by atoms with E-state index in [1.807, 2.05) is 0 Å². The summed E-state index contributed by atoms with van der Waals surface area (Å²) in [5, 5.41) is 10.4. The molecule has 0 spiro atoms. The fourth-order valence-electron chi connectivity index (χ4n) is 0.884. The quantitative estimate of drug-likeness (QED) is 0.357. The monoisotopic (exact) mass is 160 g/mol. The van der Waals surface area contributed by atoms with Crippen molar-refractivity contribution in [3.05, 3.63) is 45.9 Å². The molecule has 0 saturated carbocycles. The van der Waals surface area contributed by atoms with Gasteiger partial charge in [0.1, 0.15) is 0 Å². The zero-order valence-corrected chi connectivity index (χ0v) is 6.50. The average Bonchev–Trinajstić information content (AvgIpc) is 2.05. The Balaban J connectivity index is 3.28. The molecule has 0 fully saturated rings. The SMILES string of the molecule is [C]#Cc1ccc(C)c([N+](=O)[O-])c1. The van der Waals surface area contributed by atoms with Crippen LogP contribution in [0.1, 0.15) is 11.1 Å². The van der Waals surface area contributed by atoms with Gasteiger partial charge in [-0.15, -0.1) is 0 Å². The molecule has 0 atom stereocenters. The third-order valence-electron chi connectivity index (χ3n) is 1.55. The minimum atomic E-state index is -0.462. The number of hydrogen-bond acceptors (Lipinski definition) is 2. The van der Waals surface area contributed by atoms with E-state index in [1.54, 1.807) is 19.1 Å². The number of nitro benzene ring substituents is 1. The first kappa shape index (κ1) is 8.28. The molecule has 3 nitrogen and oxygen atoms in total. The molecule has 0 aliphatic rings. The highest BCUT2D eigenvalue weighted by Gasteiger charge is 2.09. The maximum Gasteiger partial charge on any atom is 0.273 e. The van der Waals surface area contributed by atoms with Crippen molar-refractivity contribution in [3.63, 3.8) is 0 Å². The van der Waals surface area contributed by atoms with E-state index in [1.165, 1.54) is 6.07 Å². The van der Waals surface area contributed by atoms with E-state index in [2.05, 4.69) is 5.92 Å². The lowest BCUT2D eigenvalue weighted by Gasteiger charge is -1.96. The Morgan fingerprint density at radius 1 is 1.58 bits per heavy atom. The molecule has 0 aliphatic heterocycles. The molecule has 0 heterocycles. The molecular formula is C9H6NO2. The van der Waals surface area contributed by atoms with Crippen LogP contribution >= 0.6 is 0 Å². The Labute approximate surface area is 70.2 Å². The lowest BCUT2D eigenvalue weighted by molar-refractivity contribution is -0.385. The molecule has 1 aromatic rings. The van der Waals surface area contributed by atoms with Gasteiger partial charge in [-0.25, -0.2) is 0 Å². The highest BCUT2D eigenvalue weighted by molar-refractivity contribution is 5.46. The zero-order valence-electron chi connectivity index (χ0n) is 6.50. The lowest BCUT2D eigenvalue weighted by Crippen LogP contribution is -1.91. The molecule has 0 aliphatic carbocycles. The third-order valence-corrected chi connectivity index (χ3v) is 1.55. The summed E-state index contributed by atoms with van der Waals surface area (Å²) in [5.41, 5.74) is 1.05. The highest BCUT2D eigenvalue weighted by atomic mass is 16.6. The van der Waals surface area contributed by atoms with Gasteiger partial charge in [-0.05, 0) is 19.4 Å². The van der Waals surface area contributed by atoms with Crippen LogP contribution in [0.5, 0.6) is 0 Å². The summed E-state index contributed by atoms with van der Waals surface area (Å²) in [6.07, 6.45) is 6.78. The van der Waals surface area contributed by atoms with Crippen LogP contribution in [0.3, 0.4) is 0 Å². The summed E-state index contributed by atoms with van der Waals surface area (Å²) in [5.74, 6) is 2.09. The predicted octanol–water partition coefficient (Wildman–Crippen LogP) is 1.84. The van der Waals surface area contributed by atoms with Gasteiger partial charge in [0.25, 0.3) is 5.69 Å². The smallest absolute Gasteiger partial charge is 0.258 e. The summed E-state index contributed by atoms with van der Waals surface area (Å²) in [4.78, 5) is 9.94. The van der Waals surface area contributed by atoms with E-state index >= 15 is 0 Å². The fourth-order valence-corrected chi connectivity index (χ4v) is 0.884. The van der Waals surface area contributed by atoms with Crippen LogP contribution in [0.25, 0.3) is 0 Å². The molecule has 1 aromatic carbocycles. The van der Waals surface area contributed by atoms with Crippen LogP contribution in [-0.4, -0.2) is 4.92 Å². The normalized spacial score (nSPS) is 9.00. The lowest BCUT2D eigenvalue weighted by atomic mass is 10.1. The summed E-state index contributed by atoms with van der Waals surface area (Å²) in [7, 11) is 0. The van der Waals surface area contributed by atoms with Crippen LogP contribution in [-0.2, 0) is 0 Å². The van der Waals surface area contributed by atoms with E-state index in [4.69, 9.17) is 6.42 Å². The maximum atomic E-state index is 10.4. The van der Waals surface area contributed by atoms with Crippen LogP contribution in [0.2, 0.25) is 0 Å². The minimum Gasteiger partial charge on any atom is -0.258 e. The molecule has 1 radical (unpaired) electrons. The van der Waals surface area contributed by atoms with E-state index in [-0.39, 0.29) is 5.69 Å². The topological polar surface area (TPSA) is 43.1 Å². The van der Waals surface area contributed by atoms with Gasteiger partial charge in [-0.2, -0.15) is 0 Å². The fraction of sp³-hybridized carbons (Fsp3) is 0.111. The predicted molar refractivity (Wildman–Crippen MR) is 44.1 cm³/mol. The van der Waals surface area contributed by atoms with Crippen molar-refractivity contribution in [3.8, 4) is 5.92 Å². The third kappa shape index (κ3) is 1.43. The van der Waals surface area contributed by atoms with E-state index in [0.717, 1.165) is 0 Å². The zero-order chi connectivity index (χ0) is 9.14. The maximum absolute atomic E-state index is 10.4. The first-order valence-corrected chi connectivity index (χ1v) is 3.33. The molecule has 0 unspecified atom stereocenters. The molecule has 1 rings (SSSR count). The summed E-state index contributed by atoms with van der Waals surface area (Å²) in [6, 6.07) is 4.56. The second-order valence-electron chi connectivity index (χ2n) is 2.38. The number of aryl methyl sites for hydroxylation is 1. The Hall–Kier alpha value is -1.82. The van der Waals surface area contributed by atoms with Crippen molar-refractivity contribution in [2.24, 2.45) is 0 Å². The number of nitrogens with zero attached hydrogens (tertiary/aromatic N) is 1. The van der Waals surface area contributed by atoms with Crippen molar-refractivity contribution >= 4 is 5.69 Å². The van der Waals surface area contributed by atoms with Crippen LogP contribution in [0.15, 0.2) is 18.2 Å². The summed E-state index contributed by atoms with van der Waals surface area (Å²) < 4.78 is 0. The molecule has 59 valence electrons. The van der Waals surface area contributed by atoms with Crippen LogP contribution in [0.4, 0.5) is 5.69 Å². The van der Waals surface area contributed by atoms with Gasteiger partial charge in [-0.3, -0.25) is 10.1 Å². The van der Waals surface area contributed by atoms with Crippen molar-refractivity contribution in [1.29, 1.82) is 0 Å². The molecular weight excluding hydrogens is 154 g/mol.